The zero-order chi connectivity index (χ0) is 22.4. The molecule has 1 aromatic rings. The molecule has 1 amide bonds. The zero-order valence-electron chi connectivity index (χ0n) is 18.6. The second-order valence-electron chi connectivity index (χ2n) is 10.5. The summed E-state index contributed by atoms with van der Waals surface area (Å²) in [5.74, 6) is 0.533. The molecule has 2 fully saturated rings. The van der Waals surface area contributed by atoms with Crippen molar-refractivity contribution in [2.75, 3.05) is 25.0 Å². The Morgan fingerprint density at radius 3 is 2.58 bits per heavy atom. The van der Waals surface area contributed by atoms with Gasteiger partial charge in [-0.3, -0.25) is 9.69 Å². The van der Waals surface area contributed by atoms with Crippen LogP contribution in [0.3, 0.4) is 0 Å². The summed E-state index contributed by atoms with van der Waals surface area (Å²) in [6, 6.07) is 0.183. The van der Waals surface area contributed by atoms with Gasteiger partial charge < -0.3 is 10.6 Å². The molecule has 6 nitrogen and oxygen atoms in total. The first-order valence-electron chi connectivity index (χ1n) is 11.4. The van der Waals surface area contributed by atoms with Crippen LogP contribution in [0.15, 0.2) is 6.07 Å². The molecule has 1 saturated heterocycles. The van der Waals surface area contributed by atoms with Gasteiger partial charge >= 0.3 is 6.18 Å². The zero-order valence-corrected chi connectivity index (χ0v) is 18.6. The number of fused-ring (bicyclic) bond motifs is 1. The van der Waals surface area contributed by atoms with Gasteiger partial charge in [-0.2, -0.15) is 18.3 Å². The second kappa shape index (κ2) is 8.30. The molecule has 31 heavy (non-hydrogen) atoms. The number of halogens is 3. The van der Waals surface area contributed by atoms with E-state index in [0.717, 1.165) is 30.5 Å². The predicted octanol–water partition coefficient (Wildman–Crippen LogP) is 4.06. The number of nitrogens with one attached hydrogen (secondary N) is 2. The number of carbonyl (C=O) groups excluding carboxylic acids is 1. The maximum absolute atomic E-state index is 13.8. The number of likely N-dealkylation sites (tertiary alicyclic amines) is 1. The van der Waals surface area contributed by atoms with E-state index in [4.69, 9.17) is 0 Å². The van der Waals surface area contributed by atoms with Gasteiger partial charge in [-0.1, -0.05) is 33.6 Å². The lowest BCUT2D eigenvalue weighted by Gasteiger charge is -2.39. The summed E-state index contributed by atoms with van der Waals surface area (Å²) < 4.78 is 42.5. The lowest BCUT2D eigenvalue weighted by molar-refractivity contribution is -0.175. The highest BCUT2D eigenvalue weighted by Gasteiger charge is 2.48. The molecule has 2 N–H and O–H groups in total. The van der Waals surface area contributed by atoms with Crippen LogP contribution < -0.4 is 10.6 Å². The van der Waals surface area contributed by atoms with Crippen molar-refractivity contribution in [1.29, 1.82) is 0 Å². The fourth-order valence-electron chi connectivity index (χ4n) is 5.13. The number of nitrogens with zero attached hydrogens (tertiary/aromatic N) is 3. The van der Waals surface area contributed by atoms with E-state index in [-0.39, 0.29) is 29.7 Å². The number of amides is 1. The van der Waals surface area contributed by atoms with E-state index >= 15 is 0 Å². The van der Waals surface area contributed by atoms with Crippen molar-refractivity contribution in [2.45, 2.75) is 89.5 Å². The van der Waals surface area contributed by atoms with E-state index in [9.17, 15) is 18.0 Å². The molecule has 0 unspecified atom stereocenters. The highest BCUT2D eigenvalue weighted by molar-refractivity contribution is 5.78. The number of anilines is 1. The Balaban J connectivity index is 1.43. The molecular weight excluding hydrogens is 407 g/mol. The van der Waals surface area contributed by atoms with Crippen molar-refractivity contribution in [3.8, 4) is 0 Å². The standard InChI is InChI=1S/C22H34F3N5O/c1-21(2,3)17-11-18(22(23,24)25)30-19(27-17)10-16(28-30)14-8-9-29(12-14)13-20(31)26-15-6-4-5-7-15/h10,14-15,17-18,27H,4-9,11-13H2,1-3H3,(H,26,31)/t14-,17-,18-/m0/s1. The van der Waals surface area contributed by atoms with Crippen LogP contribution in [0.2, 0.25) is 0 Å². The van der Waals surface area contributed by atoms with Gasteiger partial charge in [0.2, 0.25) is 5.91 Å². The molecule has 0 aromatic carbocycles. The summed E-state index contributed by atoms with van der Waals surface area (Å²) in [5, 5.41) is 10.8. The number of alkyl halides is 3. The Morgan fingerprint density at radius 2 is 1.94 bits per heavy atom. The van der Waals surface area contributed by atoms with Crippen LogP contribution in [0.5, 0.6) is 0 Å². The average Bonchev–Trinajstić information content (AvgIpc) is 3.38. The number of carbonyl (C=O) groups is 1. The highest BCUT2D eigenvalue weighted by atomic mass is 19.4. The smallest absolute Gasteiger partial charge is 0.367 e. The van der Waals surface area contributed by atoms with Crippen LogP contribution in [0.1, 0.15) is 76.9 Å². The molecule has 1 saturated carbocycles. The predicted molar refractivity (Wildman–Crippen MR) is 113 cm³/mol. The minimum atomic E-state index is -4.34. The molecule has 9 heteroatoms. The van der Waals surface area contributed by atoms with E-state index in [0.29, 0.717) is 30.6 Å². The summed E-state index contributed by atoms with van der Waals surface area (Å²) in [5.41, 5.74) is 0.390. The van der Waals surface area contributed by atoms with Crippen LogP contribution in [0, 0.1) is 5.41 Å². The van der Waals surface area contributed by atoms with Gasteiger partial charge in [0.25, 0.3) is 0 Å². The summed E-state index contributed by atoms with van der Waals surface area (Å²) in [6.07, 6.45) is 0.875. The second-order valence-corrected chi connectivity index (χ2v) is 10.5. The van der Waals surface area contributed by atoms with Crippen molar-refractivity contribution in [3.63, 3.8) is 0 Å². The van der Waals surface area contributed by atoms with Gasteiger partial charge in [0, 0.05) is 30.6 Å². The first-order valence-corrected chi connectivity index (χ1v) is 11.4. The van der Waals surface area contributed by atoms with Crippen molar-refractivity contribution in [2.24, 2.45) is 5.41 Å². The lowest BCUT2D eigenvalue weighted by Crippen LogP contribution is -2.44. The van der Waals surface area contributed by atoms with E-state index in [1.807, 2.05) is 20.8 Å². The molecule has 4 rings (SSSR count). The van der Waals surface area contributed by atoms with Crippen LogP contribution in [-0.2, 0) is 4.79 Å². The molecule has 3 aliphatic rings. The summed E-state index contributed by atoms with van der Waals surface area (Å²) in [6.45, 7) is 7.61. The van der Waals surface area contributed by atoms with Crippen molar-refractivity contribution < 1.29 is 18.0 Å². The average molecular weight is 442 g/mol. The Morgan fingerprint density at radius 1 is 1.23 bits per heavy atom. The minimum Gasteiger partial charge on any atom is -0.367 e. The van der Waals surface area contributed by atoms with Gasteiger partial charge in [0.1, 0.15) is 5.82 Å². The third-order valence-electron chi connectivity index (χ3n) is 7.03. The monoisotopic (exact) mass is 441 g/mol. The summed E-state index contributed by atoms with van der Waals surface area (Å²) >= 11 is 0. The van der Waals surface area contributed by atoms with E-state index in [1.54, 1.807) is 6.07 Å². The normalized spacial score (nSPS) is 27.9. The lowest BCUT2D eigenvalue weighted by atomic mass is 9.82. The van der Waals surface area contributed by atoms with Crippen LogP contribution in [-0.4, -0.2) is 58.5 Å². The van der Waals surface area contributed by atoms with Crippen LogP contribution in [0.4, 0.5) is 19.0 Å². The topological polar surface area (TPSA) is 62.2 Å². The first-order chi connectivity index (χ1) is 14.5. The van der Waals surface area contributed by atoms with Gasteiger partial charge in [0.05, 0.1) is 12.2 Å². The number of hydrogen-bond donors (Lipinski definition) is 2. The maximum atomic E-state index is 13.8. The molecule has 3 heterocycles. The van der Waals surface area contributed by atoms with Crippen molar-refractivity contribution in [3.05, 3.63) is 11.8 Å². The van der Waals surface area contributed by atoms with E-state index in [1.165, 1.54) is 12.8 Å². The molecular formula is C22H34F3N5O. The minimum absolute atomic E-state index is 0.0285. The summed E-state index contributed by atoms with van der Waals surface area (Å²) in [4.78, 5) is 14.4. The molecule has 0 spiro atoms. The third kappa shape index (κ3) is 5.02. The third-order valence-corrected chi connectivity index (χ3v) is 7.03. The quantitative estimate of drug-likeness (QED) is 0.740. The molecule has 0 radical (unpaired) electrons. The number of rotatable bonds is 4. The first kappa shape index (κ1) is 22.4. The van der Waals surface area contributed by atoms with Gasteiger partial charge in [0.15, 0.2) is 6.04 Å². The van der Waals surface area contributed by atoms with Crippen LogP contribution in [0.25, 0.3) is 0 Å². The van der Waals surface area contributed by atoms with E-state index in [2.05, 4.69) is 20.6 Å². The Hall–Kier alpha value is -1.77. The fourth-order valence-corrected chi connectivity index (χ4v) is 5.13. The van der Waals surface area contributed by atoms with Crippen molar-refractivity contribution in [1.82, 2.24) is 20.0 Å². The molecule has 0 bridgehead atoms. The summed E-state index contributed by atoms with van der Waals surface area (Å²) in [7, 11) is 0. The molecule has 1 aliphatic carbocycles. The Labute approximate surface area is 181 Å². The van der Waals surface area contributed by atoms with E-state index < -0.39 is 12.2 Å². The molecule has 2 aliphatic heterocycles. The number of aromatic nitrogens is 2. The Kier molecular flexibility index (Phi) is 6.00. The molecule has 174 valence electrons. The SMILES string of the molecule is CC(C)(C)[C@@H]1C[C@@H](C(F)(F)F)n2nc([C@H]3CCN(CC(=O)NC4CCCC4)C3)cc2N1. The van der Waals surface area contributed by atoms with Crippen LogP contribution >= 0.6 is 0 Å². The highest BCUT2D eigenvalue weighted by Crippen LogP contribution is 2.44. The Bertz CT molecular complexity index is 794. The fraction of sp³-hybridized carbons (Fsp3) is 0.818. The van der Waals surface area contributed by atoms with Gasteiger partial charge in [-0.05, 0) is 37.6 Å². The van der Waals surface area contributed by atoms with Gasteiger partial charge in [-0.15, -0.1) is 0 Å². The number of hydrogen-bond acceptors (Lipinski definition) is 4. The maximum Gasteiger partial charge on any atom is 0.410 e. The molecule has 3 atom stereocenters. The molecule has 1 aromatic heterocycles. The van der Waals surface area contributed by atoms with Gasteiger partial charge in [-0.25, -0.2) is 4.68 Å². The largest absolute Gasteiger partial charge is 0.410 e. The van der Waals surface area contributed by atoms with Crippen molar-refractivity contribution >= 4 is 11.7 Å².